The lowest BCUT2D eigenvalue weighted by Crippen LogP contribution is -2.23. The highest BCUT2D eigenvalue weighted by atomic mass is 32.1. The highest BCUT2D eigenvalue weighted by molar-refractivity contribution is 7.07. The summed E-state index contributed by atoms with van der Waals surface area (Å²) in [6.45, 7) is 4.75. The molecule has 13 heavy (non-hydrogen) atoms. The van der Waals surface area contributed by atoms with Crippen LogP contribution in [-0.2, 0) is 11.3 Å². The summed E-state index contributed by atoms with van der Waals surface area (Å²) in [6, 6.07) is 2.03. The van der Waals surface area contributed by atoms with Crippen LogP contribution in [0.25, 0.3) is 0 Å². The third-order valence-corrected chi connectivity index (χ3v) is 2.40. The maximum Gasteiger partial charge on any atom is 0.220 e. The molecule has 0 fully saturated rings. The second-order valence-corrected chi connectivity index (χ2v) is 4.29. The first-order chi connectivity index (χ1) is 6.18. The first-order valence-corrected chi connectivity index (χ1v) is 5.40. The van der Waals surface area contributed by atoms with Gasteiger partial charge in [0.15, 0.2) is 0 Å². The Morgan fingerprint density at radius 2 is 2.38 bits per heavy atom. The van der Waals surface area contributed by atoms with E-state index in [1.807, 2.05) is 25.3 Å². The molecule has 0 aliphatic carbocycles. The van der Waals surface area contributed by atoms with Crippen molar-refractivity contribution >= 4 is 17.2 Å². The Kier molecular flexibility index (Phi) is 3.96. The van der Waals surface area contributed by atoms with E-state index in [4.69, 9.17) is 0 Å². The summed E-state index contributed by atoms with van der Waals surface area (Å²) in [7, 11) is 0. The van der Waals surface area contributed by atoms with Crippen LogP contribution in [0.4, 0.5) is 0 Å². The molecule has 72 valence electrons. The summed E-state index contributed by atoms with van der Waals surface area (Å²) in [5.74, 6) is 0.573. The second-order valence-electron chi connectivity index (χ2n) is 3.51. The minimum absolute atomic E-state index is 0.140. The zero-order valence-electron chi connectivity index (χ0n) is 8.04. The van der Waals surface area contributed by atoms with Crippen molar-refractivity contribution in [3.8, 4) is 0 Å². The third kappa shape index (κ3) is 4.08. The molecule has 0 radical (unpaired) electrons. The monoisotopic (exact) mass is 197 g/mol. The van der Waals surface area contributed by atoms with Gasteiger partial charge < -0.3 is 5.32 Å². The van der Waals surface area contributed by atoms with Crippen LogP contribution in [0, 0.1) is 5.92 Å². The zero-order chi connectivity index (χ0) is 9.68. The van der Waals surface area contributed by atoms with E-state index in [2.05, 4.69) is 10.7 Å². The summed E-state index contributed by atoms with van der Waals surface area (Å²) < 4.78 is 0. The van der Waals surface area contributed by atoms with Crippen LogP contribution in [0.2, 0.25) is 0 Å². The molecule has 0 aliphatic heterocycles. The summed E-state index contributed by atoms with van der Waals surface area (Å²) >= 11 is 1.65. The molecule has 0 saturated carbocycles. The Labute approximate surface area is 83.0 Å². The number of thiophene rings is 1. The van der Waals surface area contributed by atoms with Crippen molar-refractivity contribution in [1.29, 1.82) is 0 Å². The summed E-state index contributed by atoms with van der Waals surface area (Å²) in [4.78, 5) is 11.2. The van der Waals surface area contributed by atoms with Gasteiger partial charge in [0.1, 0.15) is 0 Å². The minimum Gasteiger partial charge on any atom is -0.352 e. The molecule has 0 bridgehead atoms. The van der Waals surface area contributed by atoms with Gasteiger partial charge in [0, 0.05) is 13.0 Å². The third-order valence-electron chi connectivity index (χ3n) is 1.66. The van der Waals surface area contributed by atoms with Crippen LogP contribution in [0.5, 0.6) is 0 Å². The Balaban J connectivity index is 2.23. The predicted molar refractivity (Wildman–Crippen MR) is 55.6 cm³/mol. The van der Waals surface area contributed by atoms with Gasteiger partial charge in [0.05, 0.1) is 0 Å². The van der Waals surface area contributed by atoms with E-state index in [-0.39, 0.29) is 5.91 Å². The SMILES string of the molecule is CC(C)CC(=O)NCc1ccsc1. The number of hydrogen-bond acceptors (Lipinski definition) is 2. The fourth-order valence-electron chi connectivity index (χ4n) is 1.04. The molecule has 1 heterocycles. The molecule has 1 rings (SSSR count). The Hall–Kier alpha value is -0.830. The molecule has 1 aromatic rings. The van der Waals surface area contributed by atoms with E-state index in [1.54, 1.807) is 11.3 Å². The number of hydrogen-bond donors (Lipinski definition) is 1. The number of carbonyl (C=O) groups excluding carboxylic acids is 1. The second kappa shape index (κ2) is 5.02. The maximum atomic E-state index is 11.2. The van der Waals surface area contributed by atoms with Gasteiger partial charge in [0.2, 0.25) is 5.91 Å². The molecule has 0 aromatic carbocycles. The van der Waals surface area contributed by atoms with Crippen LogP contribution < -0.4 is 5.32 Å². The van der Waals surface area contributed by atoms with Crippen molar-refractivity contribution in [3.05, 3.63) is 22.4 Å². The van der Waals surface area contributed by atoms with Gasteiger partial charge in [-0.05, 0) is 28.3 Å². The van der Waals surface area contributed by atoms with Crippen LogP contribution in [-0.4, -0.2) is 5.91 Å². The molecule has 0 spiro atoms. The van der Waals surface area contributed by atoms with Crippen LogP contribution in [0.15, 0.2) is 16.8 Å². The number of amides is 1. The molecule has 1 aromatic heterocycles. The van der Waals surface area contributed by atoms with Crippen molar-refractivity contribution in [3.63, 3.8) is 0 Å². The smallest absolute Gasteiger partial charge is 0.220 e. The fourth-order valence-corrected chi connectivity index (χ4v) is 1.71. The van der Waals surface area contributed by atoms with Crippen molar-refractivity contribution in [1.82, 2.24) is 5.32 Å². The van der Waals surface area contributed by atoms with E-state index < -0.39 is 0 Å². The first-order valence-electron chi connectivity index (χ1n) is 4.46. The van der Waals surface area contributed by atoms with Crippen molar-refractivity contribution in [2.24, 2.45) is 5.92 Å². The van der Waals surface area contributed by atoms with Crippen LogP contribution >= 0.6 is 11.3 Å². The van der Waals surface area contributed by atoms with Gasteiger partial charge in [-0.3, -0.25) is 4.79 Å². The largest absolute Gasteiger partial charge is 0.352 e. The number of carbonyl (C=O) groups is 1. The summed E-state index contributed by atoms with van der Waals surface area (Å²) in [5.41, 5.74) is 1.18. The fraction of sp³-hybridized carbons (Fsp3) is 0.500. The molecule has 0 aliphatic rings. The predicted octanol–water partition coefficient (Wildman–Crippen LogP) is 2.41. The van der Waals surface area contributed by atoms with Crippen molar-refractivity contribution in [2.75, 3.05) is 0 Å². The van der Waals surface area contributed by atoms with Gasteiger partial charge in [0.25, 0.3) is 0 Å². The van der Waals surface area contributed by atoms with Crippen LogP contribution in [0.1, 0.15) is 25.8 Å². The average Bonchev–Trinajstić information content (AvgIpc) is 2.51. The van der Waals surface area contributed by atoms with Gasteiger partial charge in [-0.2, -0.15) is 11.3 Å². The standard InChI is InChI=1S/C10H15NOS/c1-8(2)5-10(12)11-6-9-3-4-13-7-9/h3-4,7-8H,5-6H2,1-2H3,(H,11,12). The molecular weight excluding hydrogens is 182 g/mol. The van der Waals surface area contributed by atoms with Crippen molar-refractivity contribution < 1.29 is 4.79 Å². The Morgan fingerprint density at radius 3 is 2.92 bits per heavy atom. The van der Waals surface area contributed by atoms with Gasteiger partial charge >= 0.3 is 0 Å². The molecule has 0 saturated heterocycles. The topological polar surface area (TPSA) is 29.1 Å². The lowest BCUT2D eigenvalue weighted by atomic mass is 10.1. The Bertz CT molecular complexity index is 254. The molecule has 1 N–H and O–H groups in total. The van der Waals surface area contributed by atoms with Gasteiger partial charge in [-0.25, -0.2) is 0 Å². The van der Waals surface area contributed by atoms with Crippen molar-refractivity contribution in [2.45, 2.75) is 26.8 Å². The summed E-state index contributed by atoms with van der Waals surface area (Å²) in [5, 5.41) is 6.95. The molecule has 0 unspecified atom stereocenters. The van der Waals surface area contributed by atoms with Gasteiger partial charge in [-0.15, -0.1) is 0 Å². The average molecular weight is 197 g/mol. The Morgan fingerprint density at radius 1 is 1.62 bits per heavy atom. The lowest BCUT2D eigenvalue weighted by Gasteiger charge is -2.05. The molecule has 1 amide bonds. The number of nitrogens with one attached hydrogen (secondary N) is 1. The highest BCUT2D eigenvalue weighted by Gasteiger charge is 2.03. The molecule has 3 heteroatoms. The number of rotatable bonds is 4. The normalized spacial score (nSPS) is 10.4. The quantitative estimate of drug-likeness (QED) is 0.789. The molecule has 0 atom stereocenters. The van der Waals surface area contributed by atoms with E-state index >= 15 is 0 Å². The van der Waals surface area contributed by atoms with Gasteiger partial charge in [-0.1, -0.05) is 13.8 Å². The summed E-state index contributed by atoms with van der Waals surface area (Å²) in [6.07, 6.45) is 0.615. The van der Waals surface area contributed by atoms with E-state index in [0.717, 1.165) is 0 Å². The zero-order valence-corrected chi connectivity index (χ0v) is 8.86. The first kappa shape index (κ1) is 10.3. The molecular formula is C10H15NOS. The molecule has 2 nitrogen and oxygen atoms in total. The highest BCUT2D eigenvalue weighted by Crippen LogP contribution is 2.05. The van der Waals surface area contributed by atoms with Crippen LogP contribution in [0.3, 0.4) is 0 Å². The van der Waals surface area contributed by atoms with E-state index in [9.17, 15) is 4.79 Å². The van der Waals surface area contributed by atoms with E-state index in [1.165, 1.54) is 5.56 Å². The maximum absolute atomic E-state index is 11.2. The minimum atomic E-state index is 0.140. The van der Waals surface area contributed by atoms with E-state index in [0.29, 0.717) is 18.9 Å². The lowest BCUT2D eigenvalue weighted by molar-refractivity contribution is -0.121.